The molecule has 1 saturated heterocycles. The zero-order chi connectivity index (χ0) is 11.7. The van der Waals surface area contributed by atoms with Crippen LogP contribution in [0.2, 0.25) is 0 Å². The van der Waals surface area contributed by atoms with Gasteiger partial charge in [-0.3, -0.25) is 0 Å². The fraction of sp³-hybridized carbons (Fsp3) is 0.500. The summed E-state index contributed by atoms with van der Waals surface area (Å²) in [7, 11) is 0. The second kappa shape index (κ2) is 4.56. The van der Waals surface area contributed by atoms with Crippen LogP contribution in [-0.2, 0) is 6.42 Å². The largest absolute Gasteiger partial charge is 0.396 e. The Hall–Kier alpha value is -1.23. The Morgan fingerprint density at radius 2 is 2.47 bits per heavy atom. The molecule has 0 radical (unpaired) electrons. The van der Waals surface area contributed by atoms with Gasteiger partial charge in [0, 0.05) is 6.07 Å². The highest BCUT2D eigenvalue weighted by Crippen LogP contribution is 2.25. The molecule has 2 aromatic rings. The average Bonchev–Trinajstić information content (AvgIpc) is 2.71. The highest BCUT2D eigenvalue weighted by molar-refractivity contribution is 7.99. The van der Waals surface area contributed by atoms with Crippen molar-refractivity contribution >= 4 is 23.1 Å². The van der Waals surface area contributed by atoms with E-state index < -0.39 is 0 Å². The zero-order valence-electron chi connectivity index (χ0n) is 9.67. The number of aromatic nitrogens is 3. The van der Waals surface area contributed by atoms with E-state index in [1.54, 1.807) is 10.7 Å². The van der Waals surface area contributed by atoms with Gasteiger partial charge in [-0.1, -0.05) is 0 Å². The van der Waals surface area contributed by atoms with Gasteiger partial charge in [-0.15, -0.1) is 0 Å². The summed E-state index contributed by atoms with van der Waals surface area (Å²) in [6.45, 7) is 0. The van der Waals surface area contributed by atoms with E-state index in [-0.39, 0.29) is 0 Å². The lowest BCUT2D eigenvalue weighted by atomic mass is 10.00. The molecule has 1 unspecified atom stereocenters. The van der Waals surface area contributed by atoms with Crippen LogP contribution in [0, 0.1) is 5.92 Å². The molecule has 1 fully saturated rings. The van der Waals surface area contributed by atoms with E-state index in [0.29, 0.717) is 5.69 Å². The maximum Gasteiger partial charge on any atom is 0.155 e. The quantitative estimate of drug-likeness (QED) is 0.883. The lowest BCUT2D eigenvalue weighted by Gasteiger charge is -2.19. The van der Waals surface area contributed by atoms with E-state index in [0.717, 1.165) is 23.7 Å². The molecule has 3 heterocycles. The minimum absolute atomic E-state index is 0.653. The first kappa shape index (κ1) is 10.9. The highest BCUT2D eigenvalue weighted by Gasteiger charge is 2.16. The third-order valence-corrected chi connectivity index (χ3v) is 4.42. The lowest BCUT2D eigenvalue weighted by Crippen LogP contribution is -2.13. The van der Waals surface area contributed by atoms with Crippen molar-refractivity contribution in [3.8, 4) is 0 Å². The second-order valence-electron chi connectivity index (χ2n) is 4.61. The molecule has 0 amide bonds. The van der Waals surface area contributed by atoms with Gasteiger partial charge in [0.1, 0.15) is 0 Å². The molecule has 1 aliphatic rings. The third-order valence-electron chi connectivity index (χ3n) is 3.14. The Kier molecular flexibility index (Phi) is 2.93. The zero-order valence-corrected chi connectivity index (χ0v) is 10.5. The van der Waals surface area contributed by atoms with Gasteiger partial charge >= 0.3 is 0 Å². The van der Waals surface area contributed by atoms with Crippen LogP contribution >= 0.6 is 11.8 Å². The first-order valence-corrected chi connectivity index (χ1v) is 7.14. The van der Waals surface area contributed by atoms with Crippen LogP contribution < -0.4 is 5.73 Å². The van der Waals surface area contributed by atoms with E-state index in [1.165, 1.54) is 24.3 Å². The SMILES string of the molecule is Nc1cnc2cc(CC3CCCSC3)nn2c1. The summed E-state index contributed by atoms with van der Waals surface area (Å²) in [5.74, 6) is 3.36. The highest BCUT2D eigenvalue weighted by atomic mass is 32.2. The number of nitrogens with zero attached hydrogens (tertiary/aromatic N) is 3. The van der Waals surface area contributed by atoms with E-state index in [9.17, 15) is 0 Å². The van der Waals surface area contributed by atoms with Gasteiger partial charge in [0.2, 0.25) is 0 Å². The molecule has 4 nitrogen and oxygen atoms in total. The summed E-state index contributed by atoms with van der Waals surface area (Å²) < 4.78 is 1.78. The maximum absolute atomic E-state index is 5.69. The molecule has 0 aliphatic carbocycles. The Bertz CT molecular complexity index is 516. The summed E-state index contributed by atoms with van der Waals surface area (Å²) >= 11 is 2.06. The van der Waals surface area contributed by atoms with Crippen molar-refractivity contribution in [1.82, 2.24) is 14.6 Å². The Morgan fingerprint density at radius 1 is 1.53 bits per heavy atom. The van der Waals surface area contributed by atoms with E-state index >= 15 is 0 Å². The van der Waals surface area contributed by atoms with Gasteiger partial charge in [-0.05, 0) is 36.7 Å². The lowest BCUT2D eigenvalue weighted by molar-refractivity contribution is 0.514. The fourth-order valence-electron chi connectivity index (χ4n) is 2.30. The van der Waals surface area contributed by atoms with Crippen molar-refractivity contribution in [2.75, 3.05) is 17.2 Å². The third kappa shape index (κ3) is 2.39. The van der Waals surface area contributed by atoms with Crippen LogP contribution in [0.3, 0.4) is 0 Å². The molecule has 2 aromatic heterocycles. The molecule has 0 saturated carbocycles. The Balaban J connectivity index is 1.80. The van der Waals surface area contributed by atoms with Crippen LogP contribution in [0.1, 0.15) is 18.5 Å². The number of thioether (sulfide) groups is 1. The van der Waals surface area contributed by atoms with Crippen molar-refractivity contribution in [3.05, 3.63) is 24.2 Å². The molecule has 0 bridgehead atoms. The summed E-state index contributed by atoms with van der Waals surface area (Å²) in [5.41, 5.74) is 8.37. The Labute approximate surface area is 105 Å². The summed E-state index contributed by atoms with van der Waals surface area (Å²) in [5, 5.41) is 4.53. The smallest absolute Gasteiger partial charge is 0.155 e. The monoisotopic (exact) mass is 248 g/mol. The average molecular weight is 248 g/mol. The summed E-state index contributed by atoms with van der Waals surface area (Å²) in [4.78, 5) is 4.26. The molecular weight excluding hydrogens is 232 g/mol. The van der Waals surface area contributed by atoms with Gasteiger partial charge in [0.15, 0.2) is 5.65 Å². The minimum atomic E-state index is 0.653. The van der Waals surface area contributed by atoms with Crippen LogP contribution in [-0.4, -0.2) is 26.1 Å². The predicted octanol–water partition coefficient (Wildman–Crippen LogP) is 2.00. The fourth-order valence-corrected chi connectivity index (χ4v) is 3.46. The number of rotatable bonds is 2. The van der Waals surface area contributed by atoms with Crippen LogP contribution in [0.15, 0.2) is 18.5 Å². The van der Waals surface area contributed by atoms with Gasteiger partial charge < -0.3 is 5.73 Å². The van der Waals surface area contributed by atoms with Crippen molar-refractivity contribution in [2.45, 2.75) is 19.3 Å². The van der Waals surface area contributed by atoms with Crippen molar-refractivity contribution in [1.29, 1.82) is 0 Å². The summed E-state index contributed by atoms with van der Waals surface area (Å²) in [6.07, 6.45) is 7.24. The van der Waals surface area contributed by atoms with Crippen LogP contribution in [0.4, 0.5) is 5.69 Å². The molecular formula is C12H16N4S. The molecule has 90 valence electrons. The van der Waals surface area contributed by atoms with Gasteiger partial charge in [0.25, 0.3) is 0 Å². The van der Waals surface area contributed by atoms with Gasteiger partial charge in [-0.2, -0.15) is 16.9 Å². The molecule has 0 spiro atoms. The van der Waals surface area contributed by atoms with Crippen LogP contribution in [0.5, 0.6) is 0 Å². The number of nitrogens with two attached hydrogens (primary N) is 1. The second-order valence-corrected chi connectivity index (χ2v) is 5.76. The molecule has 17 heavy (non-hydrogen) atoms. The van der Waals surface area contributed by atoms with Gasteiger partial charge in [0.05, 0.1) is 23.8 Å². The number of hydrogen-bond donors (Lipinski definition) is 1. The predicted molar refractivity (Wildman–Crippen MR) is 71.2 cm³/mol. The maximum atomic E-state index is 5.69. The standard InChI is InChI=1S/C12H16N4S/c13-10-6-14-12-5-11(15-16(12)7-10)4-9-2-1-3-17-8-9/h5-7,9H,1-4,8,13H2. The van der Waals surface area contributed by atoms with Gasteiger partial charge in [-0.25, -0.2) is 9.50 Å². The van der Waals surface area contributed by atoms with Crippen molar-refractivity contribution in [2.24, 2.45) is 5.92 Å². The molecule has 1 aliphatic heterocycles. The molecule has 2 N–H and O–H groups in total. The topological polar surface area (TPSA) is 56.2 Å². The van der Waals surface area contributed by atoms with Crippen LogP contribution in [0.25, 0.3) is 5.65 Å². The number of fused-ring (bicyclic) bond motifs is 1. The van der Waals surface area contributed by atoms with Crippen molar-refractivity contribution in [3.63, 3.8) is 0 Å². The van der Waals surface area contributed by atoms with Crippen molar-refractivity contribution < 1.29 is 0 Å². The molecule has 0 aromatic carbocycles. The number of nitrogen functional groups attached to an aromatic ring is 1. The first-order valence-electron chi connectivity index (χ1n) is 5.99. The molecule has 1 atom stereocenters. The minimum Gasteiger partial charge on any atom is -0.396 e. The summed E-state index contributed by atoms with van der Waals surface area (Å²) in [6, 6.07) is 2.07. The number of hydrogen-bond acceptors (Lipinski definition) is 4. The first-order chi connectivity index (χ1) is 8.31. The Morgan fingerprint density at radius 3 is 3.29 bits per heavy atom. The van der Waals surface area contributed by atoms with E-state index in [1.807, 2.05) is 6.20 Å². The van der Waals surface area contributed by atoms with E-state index in [4.69, 9.17) is 5.73 Å². The normalized spacial score (nSPS) is 20.8. The number of anilines is 1. The molecule has 5 heteroatoms. The molecule has 3 rings (SSSR count). The van der Waals surface area contributed by atoms with E-state index in [2.05, 4.69) is 27.9 Å².